The Hall–Kier alpha value is -4.34. The van der Waals surface area contributed by atoms with Crippen molar-refractivity contribution in [2.24, 2.45) is 0 Å². The summed E-state index contributed by atoms with van der Waals surface area (Å²) < 4.78 is 5.42. The number of amides is 2. The first-order valence-corrected chi connectivity index (χ1v) is 15.3. The van der Waals surface area contributed by atoms with Crippen LogP contribution in [-0.4, -0.2) is 72.6 Å². The fourth-order valence-electron chi connectivity index (χ4n) is 6.14. The maximum atomic E-state index is 13.4. The van der Waals surface area contributed by atoms with E-state index in [0.29, 0.717) is 23.7 Å². The van der Waals surface area contributed by atoms with Crippen LogP contribution in [-0.2, 0) is 14.9 Å². The van der Waals surface area contributed by atoms with Crippen molar-refractivity contribution < 1.29 is 14.3 Å². The zero-order valence-corrected chi connectivity index (χ0v) is 25.9. The minimum Gasteiger partial charge on any atom is -0.379 e. The fraction of sp³-hybridized carbons (Fsp3) is 0.371. The molecule has 2 aliphatic rings. The molecule has 0 spiro atoms. The zero-order chi connectivity index (χ0) is 30.8. The Labute approximate surface area is 258 Å². The van der Waals surface area contributed by atoms with Crippen LogP contribution in [0, 0.1) is 6.92 Å². The minimum absolute atomic E-state index is 0.00349. The Balaban J connectivity index is 1.15. The van der Waals surface area contributed by atoms with Crippen molar-refractivity contribution in [1.82, 2.24) is 14.9 Å². The summed E-state index contributed by atoms with van der Waals surface area (Å²) in [6, 6.07) is 17.7. The molecule has 44 heavy (non-hydrogen) atoms. The molecule has 0 aliphatic carbocycles. The number of nitrogens with zero attached hydrogens (tertiary/aromatic N) is 4. The number of carbonyl (C=O) groups is 2. The van der Waals surface area contributed by atoms with Crippen molar-refractivity contribution in [3.8, 4) is 11.1 Å². The molecule has 1 aromatic heterocycles. The van der Waals surface area contributed by atoms with Gasteiger partial charge in [0.2, 0.25) is 11.9 Å². The summed E-state index contributed by atoms with van der Waals surface area (Å²) in [4.78, 5) is 39.1. The first-order valence-electron chi connectivity index (χ1n) is 15.3. The number of fused-ring (bicyclic) bond motifs is 2. The van der Waals surface area contributed by atoms with Gasteiger partial charge in [-0.1, -0.05) is 32.0 Å². The Morgan fingerprint density at radius 1 is 1.02 bits per heavy atom. The highest BCUT2D eigenvalue weighted by Crippen LogP contribution is 2.42. The van der Waals surface area contributed by atoms with E-state index in [1.54, 1.807) is 11.8 Å². The van der Waals surface area contributed by atoms with Crippen LogP contribution in [0.2, 0.25) is 0 Å². The molecule has 1 fully saturated rings. The molecule has 0 atom stereocenters. The Bertz CT molecular complexity index is 1710. The maximum Gasteiger partial charge on any atom is 0.255 e. The first-order chi connectivity index (χ1) is 21.2. The lowest BCUT2D eigenvalue weighted by Crippen LogP contribution is -2.37. The van der Waals surface area contributed by atoms with Crippen LogP contribution in [0.5, 0.6) is 0 Å². The van der Waals surface area contributed by atoms with Crippen molar-refractivity contribution in [3.05, 3.63) is 77.5 Å². The van der Waals surface area contributed by atoms with E-state index >= 15 is 0 Å². The van der Waals surface area contributed by atoms with Gasteiger partial charge >= 0.3 is 0 Å². The molecule has 9 nitrogen and oxygen atoms in total. The van der Waals surface area contributed by atoms with Crippen LogP contribution < -0.4 is 15.5 Å². The summed E-state index contributed by atoms with van der Waals surface area (Å²) in [5.74, 6) is 0.422. The molecule has 2 amide bonds. The van der Waals surface area contributed by atoms with Gasteiger partial charge in [0.05, 0.1) is 18.7 Å². The lowest BCUT2D eigenvalue weighted by atomic mass is 9.87. The average molecular weight is 593 g/mol. The normalized spacial score (nSPS) is 16.1. The van der Waals surface area contributed by atoms with Crippen LogP contribution in [0.25, 0.3) is 22.0 Å². The lowest BCUT2D eigenvalue weighted by molar-refractivity contribution is -0.116. The summed E-state index contributed by atoms with van der Waals surface area (Å²) in [6.07, 6.45) is 2.87. The Morgan fingerprint density at radius 3 is 2.64 bits per heavy atom. The van der Waals surface area contributed by atoms with Crippen molar-refractivity contribution in [1.29, 1.82) is 0 Å². The third-order valence-corrected chi connectivity index (χ3v) is 8.64. The molecule has 2 N–H and O–H groups in total. The molecule has 0 bridgehead atoms. The highest BCUT2D eigenvalue weighted by molar-refractivity contribution is 6.06. The number of hydrogen-bond donors (Lipinski definition) is 2. The summed E-state index contributed by atoms with van der Waals surface area (Å²) in [5, 5.41) is 7.33. The van der Waals surface area contributed by atoms with E-state index in [-0.39, 0.29) is 17.2 Å². The van der Waals surface area contributed by atoms with Crippen molar-refractivity contribution in [2.45, 2.75) is 39.5 Å². The summed E-state index contributed by atoms with van der Waals surface area (Å²) in [5.41, 5.74) is 6.95. The molecule has 9 heteroatoms. The number of benzene rings is 3. The minimum atomic E-state index is -0.203. The molecule has 4 aromatic rings. The van der Waals surface area contributed by atoms with Gasteiger partial charge in [0.1, 0.15) is 0 Å². The molecule has 0 radical (unpaired) electrons. The average Bonchev–Trinajstić information content (AvgIpc) is 3.29. The standard InChI is InChI=1S/C35H40N6O3/c1-23-6-7-26(33(43)38-28-9-10-30-32(20-28)41(24(2)42)22-35(30,3)4)19-29(23)25-8-11-31-27(18-25)21-37-34(39-31)36-12-5-13-40-14-16-44-17-15-40/h6-11,18-21H,5,12-17,22H2,1-4H3,(H,38,43)(H,36,37,39). The molecule has 0 saturated carbocycles. The van der Waals surface area contributed by atoms with Gasteiger partial charge in [-0.2, -0.15) is 0 Å². The molecular formula is C35H40N6O3. The summed E-state index contributed by atoms with van der Waals surface area (Å²) in [6.45, 7) is 14.0. The highest BCUT2D eigenvalue weighted by Gasteiger charge is 2.37. The number of anilines is 3. The van der Waals surface area contributed by atoms with Crippen molar-refractivity contribution in [3.63, 3.8) is 0 Å². The van der Waals surface area contributed by atoms with E-state index in [2.05, 4.69) is 40.4 Å². The van der Waals surface area contributed by atoms with E-state index < -0.39 is 0 Å². The third-order valence-electron chi connectivity index (χ3n) is 8.64. The second-order valence-electron chi connectivity index (χ2n) is 12.4. The predicted octanol–water partition coefficient (Wildman–Crippen LogP) is 5.64. The van der Waals surface area contributed by atoms with Gasteiger partial charge in [-0.15, -0.1) is 0 Å². The second-order valence-corrected chi connectivity index (χ2v) is 12.4. The molecule has 3 heterocycles. The first kappa shape index (κ1) is 29.7. The number of carbonyl (C=O) groups excluding carboxylic acids is 2. The van der Waals surface area contributed by atoms with Crippen LogP contribution in [0.3, 0.4) is 0 Å². The molecule has 6 rings (SSSR count). The quantitative estimate of drug-likeness (QED) is 0.256. The van der Waals surface area contributed by atoms with Gasteiger partial charge in [-0.25, -0.2) is 9.97 Å². The Kier molecular flexibility index (Phi) is 8.33. The largest absolute Gasteiger partial charge is 0.379 e. The molecule has 1 saturated heterocycles. The smallest absolute Gasteiger partial charge is 0.255 e. The topological polar surface area (TPSA) is 99.7 Å². The van der Waals surface area contributed by atoms with Crippen LogP contribution in [0.1, 0.15) is 48.7 Å². The predicted molar refractivity (Wildman–Crippen MR) is 176 cm³/mol. The number of ether oxygens (including phenoxy) is 1. The number of rotatable bonds is 8. The van der Waals surface area contributed by atoms with Crippen LogP contribution in [0.15, 0.2) is 60.8 Å². The van der Waals surface area contributed by atoms with Gasteiger partial charge in [-0.3, -0.25) is 14.5 Å². The highest BCUT2D eigenvalue weighted by atomic mass is 16.5. The maximum absolute atomic E-state index is 13.4. The number of nitrogens with one attached hydrogen (secondary N) is 2. The van der Waals surface area contributed by atoms with Crippen molar-refractivity contribution in [2.75, 3.05) is 61.5 Å². The van der Waals surface area contributed by atoms with Gasteiger partial charge < -0.3 is 20.3 Å². The number of aryl methyl sites for hydroxylation is 1. The SMILES string of the molecule is CC(=O)N1CC(C)(C)c2ccc(NC(=O)c3ccc(C)c(-c4ccc5nc(NCCCN6CCOCC6)ncc5c4)c3)cc21. The van der Waals surface area contributed by atoms with Gasteiger partial charge in [-0.05, 0) is 78.5 Å². The molecule has 0 unspecified atom stereocenters. The van der Waals surface area contributed by atoms with Crippen LogP contribution >= 0.6 is 0 Å². The van der Waals surface area contributed by atoms with Gasteiger partial charge in [0.25, 0.3) is 5.91 Å². The summed E-state index contributed by atoms with van der Waals surface area (Å²) >= 11 is 0. The van der Waals surface area contributed by atoms with E-state index in [9.17, 15) is 9.59 Å². The molecule has 3 aromatic carbocycles. The third kappa shape index (κ3) is 6.30. The van der Waals surface area contributed by atoms with Crippen LogP contribution in [0.4, 0.5) is 17.3 Å². The monoisotopic (exact) mass is 592 g/mol. The number of morpholine rings is 1. The number of hydrogen-bond acceptors (Lipinski definition) is 7. The fourth-order valence-corrected chi connectivity index (χ4v) is 6.14. The Morgan fingerprint density at radius 2 is 1.84 bits per heavy atom. The second kappa shape index (κ2) is 12.3. The number of aromatic nitrogens is 2. The zero-order valence-electron chi connectivity index (χ0n) is 25.9. The molecular weight excluding hydrogens is 552 g/mol. The van der Waals surface area contributed by atoms with E-state index in [0.717, 1.165) is 84.7 Å². The molecule has 228 valence electrons. The van der Waals surface area contributed by atoms with E-state index in [4.69, 9.17) is 9.72 Å². The van der Waals surface area contributed by atoms with Gasteiger partial charge in [0, 0.05) is 67.0 Å². The van der Waals surface area contributed by atoms with Crippen molar-refractivity contribution >= 4 is 40.0 Å². The lowest BCUT2D eigenvalue weighted by Gasteiger charge is -2.26. The summed E-state index contributed by atoms with van der Waals surface area (Å²) in [7, 11) is 0. The molecule has 2 aliphatic heterocycles. The van der Waals surface area contributed by atoms with E-state index in [1.807, 2.05) is 61.7 Å². The van der Waals surface area contributed by atoms with Gasteiger partial charge in [0.15, 0.2) is 0 Å². The van der Waals surface area contributed by atoms with E-state index in [1.165, 1.54) is 0 Å².